The minimum atomic E-state index is -0.116. The summed E-state index contributed by atoms with van der Waals surface area (Å²) in [6, 6.07) is 15.3. The van der Waals surface area contributed by atoms with E-state index >= 15 is 0 Å². The van der Waals surface area contributed by atoms with Crippen molar-refractivity contribution < 1.29 is 9.53 Å². The zero-order chi connectivity index (χ0) is 19.4. The molecule has 6 heteroatoms. The van der Waals surface area contributed by atoms with E-state index in [9.17, 15) is 4.79 Å². The number of carbonyl (C=O) groups excluding carboxylic acids is 1. The van der Waals surface area contributed by atoms with E-state index in [1.807, 2.05) is 69.3 Å². The highest BCUT2D eigenvalue weighted by molar-refractivity contribution is 7.13. The number of aryl methyl sites for hydroxylation is 2. The summed E-state index contributed by atoms with van der Waals surface area (Å²) in [6.45, 7) is 6.05. The van der Waals surface area contributed by atoms with Crippen molar-refractivity contribution in [2.45, 2.75) is 33.4 Å². The Morgan fingerprint density at radius 2 is 1.96 bits per heavy atom. The van der Waals surface area contributed by atoms with Gasteiger partial charge in [-0.15, -0.1) is 11.3 Å². The van der Waals surface area contributed by atoms with Crippen LogP contribution in [0.15, 0.2) is 48.5 Å². The summed E-state index contributed by atoms with van der Waals surface area (Å²) in [4.78, 5) is 17.7. The number of hydrogen-bond donors (Lipinski definition) is 1. The third-order valence-corrected chi connectivity index (χ3v) is 5.74. The van der Waals surface area contributed by atoms with Crippen molar-refractivity contribution in [3.63, 3.8) is 0 Å². The summed E-state index contributed by atoms with van der Waals surface area (Å²) in [5, 5.41) is 4.50. The molecule has 27 heavy (non-hydrogen) atoms. The molecule has 1 atom stereocenters. The zero-order valence-corrected chi connectivity index (χ0v) is 17.0. The van der Waals surface area contributed by atoms with Crippen LogP contribution >= 0.6 is 22.9 Å². The van der Waals surface area contributed by atoms with Crippen LogP contribution in [0.5, 0.6) is 5.75 Å². The molecule has 0 unspecified atom stereocenters. The van der Waals surface area contributed by atoms with Gasteiger partial charge in [0.15, 0.2) is 0 Å². The Labute approximate surface area is 168 Å². The number of aromatic nitrogens is 1. The first-order chi connectivity index (χ1) is 12.9. The number of amides is 1. The molecular formula is C21H21ClN2O2S. The molecule has 0 aliphatic heterocycles. The van der Waals surface area contributed by atoms with Gasteiger partial charge in [0, 0.05) is 5.02 Å². The highest BCUT2D eigenvalue weighted by Gasteiger charge is 2.18. The molecule has 3 rings (SSSR count). The molecule has 1 amide bonds. The number of ether oxygens (including phenoxy) is 1. The molecule has 0 aliphatic rings. The van der Waals surface area contributed by atoms with Crippen LogP contribution in [0.2, 0.25) is 5.02 Å². The van der Waals surface area contributed by atoms with Crippen LogP contribution in [-0.4, -0.2) is 10.9 Å². The van der Waals surface area contributed by atoms with Gasteiger partial charge >= 0.3 is 0 Å². The molecule has 0 aliphatic carbocycles. The Hall–Kier alpha value is -2.37. The van der Waals surface area contributed by atoms with E-state index < -0.39 is 0 Å². The fourth-order valence-corrected chi connectivity index (χ4v) is 3.66. The summed E-state index contributed by atoms with van der Waals surface area (Å²) < 4.78 is 5.78. The first-order valence-electron chi connectivity index (χ1n) is 8.65. The van der Waals surface area contributed by atoms with E-state index in [1.165, 1.54) is 11.3 Å². The molecule has 0 saturated carbocycles. The Morgan fingerprint density at radius 3 is 2.67 bits per heavy atom. The van der Waals surface area contributed by atoms with Crippen molar-refractivity contribution in [3.8, 4) is 5.75 Å². The fraction of sp³-hybridized carbons (Fsp3) is 0.238. The molecule has 140 valence electrons. The van der Waals surface area contributed by atoms with Crippen LogP contribution in [0.25, 0.3) is 0 Å². The number of halogens is 1. The van der Waals surface area contributed by atoms with Gasteiger partial charge in [0.25, 0.3) is 5.91 Å². The maximum Gasteiger partial charge on any atom is 0.263 e. The van der Waals surface area contributed by atoms with E-state index in [1.54, 1.807) is 0 Å². The molecule has 1 heterocycles. The molecule has 0 fully saturated rings. The average molecular weight is 401 g/mol. The van der Waals surface area contributed by atoms with E-state index in [4.69, 9.17) is 16.3 Å². The number of nitrogens with one attached hydrogen (secondary N) is 1. The van der Waals surface area contributed by atoms with Gasteiger partial charge in [-0.25, -0.2) is 4.98 Å². The number of nitrogens with zero attached hydrogens (tertiary/aromatic N) is 1. The molecular weight excluding hydrogens is 380 g/mol. The van der Waals surface area contributed by atoms with Gasteiger partial charge in [0.2, 0.25) is 0 Å². The topological polar surface area (TPSA) is 51.2 Å². The largest absolute Gasteiger partial charge is 0.486 e. The van der Waals surface area contributed by atoms with Crippen molar-refractivity contribution in [2.75, 3.05) is 0 Å². The monoisotopic (exact) mass is 400 g/mol. The van der Waals surface area contributed by atoms with Gasteiger partial charge in [0.1, 0.15) is 22.2 Å². The van der Waals surface area contributed by atoms with Crippen molar-refractivity contribution in [1.82, 2.24) is 10.3 Å². The lowest BCUT2D eigenvalue weighted by Gasteiger charge is -2.13. The summed E-state index contributed by atoms with van der Waals surface area (Å²) >= 11 is 7.39. The lowest BCUT2D eigenvalue weighted by Crippen LogP contribution is -2.26. The first-order valence-corrected chi connectivity index (χ1v) is 9.84. The minimum absolute atomic E-state index is 0.0723. The van der Waals surface area contributed by atoms with Crippen LogP contribution in [0.4, 0.5) is 0 Å². The summed E-state index contributed by atoms with van der Waals surface area (Å²) in [6.07, 6.45) is 0. The summed E-state index contributed by atoms with van der Waals surface area (Å²) in [7, 11) is 0. The molecule has 0 bridgehead atoms. The Kier molecular flexibility index (Phi) is 6.14. The van der Waals surface area contributed by atoms with Crippen molar-refractivity contribution in [2.24, 2.45) is 0 Å². The van der Waals surface area contributed by atoms with Gasteiger partial charge in [0.05, 0.1) is 11.7 Å². The maximum absolute atomic E-state index is 12.6. The quantitative estimate of drug-likeness (QED) is 0.595. The van der Waals surface area contributed by atoms with Crippen molar-refractivity contribution >= 4 is 28.8 Å². The van der Waals surface area contributed by atoms with Gasteiger partial charge in [-0.05, 0) is 50.1 Å². The first kappa shape index (κ1) is 19.4. The van der Waals surface area contributed by atoms with E-state index in [0.29, 0.717) is 22.2 Å². The third kappa shape index (κ3) is 4.87. The number of benzene rings is 2. The molecule has 1 aromatic heterocycles. The van der Waals surface area contributed by atoms with E-state index in [0.717, 1.165) is 21.9 Å². The van der Waals surface area contributed by atoms with Crippen LogP contribution in [-0.2, 0) is 6.61 Å². The normalized spacial score (nSPS) is 11.9. The molecule has 4 nitrogen and oxygen atoms in total. The standard InChI is InChI=1S/C21H21ClN2O2S/c1-13-11-17(9-10-18(13)22)26-12-19-23-15(3)20(27-19)21(25)24-14(2)16-7-5-4-6-8-16/h4-11,14H,12H2,1-3H3,(H,24,25)/t14-/m1/s1. The van der Waals surface area contributed by atoms with Crippen LogP contribution in [0.3, 0.4) is 0 Å². The highest BCUT2D eigenvalue weighted by atomic mass is 35.5. The Morgan fingerprint density at radius 1 is 1.22 bits per heavy atom. The zero-order valence-electron chi connectivity index (χ0n) is 15.5. The SMILES string of the molecule is Cc1cc(OCc2nc(C)c(C(=O)N[C@H](C)c3ccccc3)s2)ccc1Cl. The second kappa shape index (κ2) is 8.55. The molecule has 1 N–H and O–H groups in total. The summed E-state index contributed by atoms with van der Waals surface area (Å²) in [5.74, 6) is 0.614. The minimum Gasteiger partial charge on any atom is -0.486 e. The van der Waals surface area contributed by atoms with Gasteiger partial charge < -0.3 is 10.1 Å². The van der Waals surface area contributed by atoms with Crippen molar-refractivity contribution in [3.05, 3.63) is 80.3 Å². The smallest absolute Gasteiger partial charge is 0.263 e. The second-order valence-corrected chi connectivity index (χ2v) is 7.82. The maximum atomic E-state index is 12.6. The van der Waals surface area contributed by atoms with Gasteiger partial charge in [-0.2, -0.15) is 0 Å². The molecule has 0 spiro atoms. The number of carbonyl (C=O) groups is 1. The van der Waals surface area contributed by atoms with Crippen LogP contribution in [0, 0.1) is 13.8 Å². The van der Waals surface area contributed by atoms with Gasteiger partial charge in [-0.3, -0.25) is 4.79 Å². The lowest BCUT2D eigenvalue weighted by atomic mass is 10.1. The lowest BCUT2D eigenvalue weighted by molar-refractivity contribution is 0.0943. The van der Waals surface area contributed by atoms with Crippen LogP contribution < -0.4 is 10.1 Å². The van der Waals surface area contributed by atoms with Crippen molar-refractivity contribution in [1.29, 1.82) is 0 Å². The Bertz CT molecular complexity index is 941. The van der Waals surface area contributed by atoms with E-state index in [2.05, 4.69) is 10.3 Å². The van der Waals surface area contributed by atoms with Crippen LogP contribution in [0.1, 0.15) is 44.5 Å². The summed E-state index contributed by atoms with van der Waals surface area (Å²) in [5.41, 5.74) is 2.73. The second-order valence-electron chi connectivity index (χ2n) is 6.33. The molecule has 2 aromatic carbocycles. The molecule has 0 saturated heterocycles. The average Bonchev–Trinajstić information content (AvgIpc) is 3.04. The van der Waals surface area contributed by atoms with E-state index in [-0.39, 0.29) is 11.9 Å². The Balaban J connectivity index is 1.64. The molecule has 0 radical (unpaired) electrons. The number of hydrogen-bond acceptors (Lipinski definition) is 4. The predicted molar refractivity (Wildman–Crippen MR) is 110 cm³/mol. The number of thiazole rings is 1. The predicted octanol–water partition coefficient (Wildman–Crippen LogP) is 5.48. The molecule has 3 aromatic rings. The number of rotatable bonds is 6. The van der Waals surface area contributed by atoms with Gasteiger partial charge in [-0.1, -0.05) is 41.9 Å². The highest BCUT2D eigenvalue weighted by Crippen LogP contribution is 2.24. The fourth-order valence-electron chi connectivity index (χ4n) is 2.66. The third-order valence-electron chi connectivity index (χ3n) is 4.19.